The molecule has 2 aromatic heterocycles. The van der Waals surface area contributed by atoms with Gasteiger partial charge in [0.2, 0.25) is 5.88 Å². The van der Waals surface area contributed by atoms with Crippen LogP contribution in [0.4, 0.5) is 5.69 Å². The third kappa shape index (κ3) is 2.77. The third-order valence-electron chi connectivity index (χ3n) is 4.88. The van der Waals surface area contributed by atoms with Crippen LogP contribution < -0.4 is 9.64 Å². The minimum Gasteiger partial charge on any atom is -0.497 e. The molecule has 0 unspecified atom stereocenters. The molecule has 1 aromatic carbocycles. The Morgan fingerprint density at radius 1 is 1.30 bits per heavy atom. The number of carbonyl (C=O) groups is 1. The maximum absolute atomic E-state index is 13.4. The van der Waals surface area contributed by atoms with Crippen molar-refractivity contribution in [2.45, 2.75) is 19.8 Å². The number of furan rings is 1. The molecule has 4 rings (SSSR count). The summed E-state index contributed by atoms with van der Waals surface area (Å²) in [6, 6.07) is 11.6. The first kappa shape index (κ1) is 17.0. The Hall–Kier alpha value is -3.46. The van der Waals surface area contributed by atoms with Gasteiger partial charge in [-0.1, -0.05) is 0 Å². The molecule has 1 amide bonds. The molecule has 0 saturated heterocycles. The Balaban J connectivity index is 1.78. The van der Waals surface area contributed by atoms with Crippen molar-refractivity contribution in [3.63, 3.8) is 0 Å². The van der Waals surface area contributed by atoms with Gasteiger partial charge in [0.1, 0.15) is 28.7 Å². The number of methoxy groups -OCH3 is 1. The van der Waals surface area contributed by atoms with E-state index in [2.05, 4.69) is 6.07 Å². The van der Waals surface area contributed by atoms with E-state index >= 15 is 0 Å². The summed E-state index contributed by atoms with van der Waals surface area (Å²) in [6.07, 6.45) is 5.32. The lowest BCUT2D eigenvalue weighted by atomic mass is 9.99. The molecule has 0 N–H and O–H groups in total. The van der Waals surface area contributed by atoms with E-state index in [0.717, 1.165) is 29.8 Å². The van der Waals surface area contributed by atoms with Gasteiger partial charge in [-0.2, -0.15) is 5.26 Å². The predicted molar refractivity (Wildman–Crippen MR) is 100 cm³/mol. The second kappa shape index (κ2) is 6.69. The van der Waals surface area contributed by atoms with Gasteiger partial charge in [-0.15, -0.1) is 0 Å². The highest BCUT2D eigenvalue weighted by atomic mass is 16.5. The number of aryl methyl sites for hydroxylation is 2. The molecular formula is C21H19N3O3. The number of ether oxygens (including phenoxy) is 1. The molecule has 0 saturated carbocycles. The lowest BCUT2D eigenvalue weighted by Crippen LogP contribution is -2.36. The number of amides is 1. The van der Waals surface area contributed by atoms with Crippen molar-refractivity contribution in [2.24, 2.45) is 0 Å². The fourth-order valence-electron chi connectivity index (χ4n) is 3.59. The van der Waals surface area contributed by atoms with Crippen molar-refractivity contribution in [3.8, 4) is 17.7 Å². The van der Waals surface area contributed by atoms with Gasteiger partial charge in [0.15, 0.2) is 0 Å². The first-order chi connectivity index (χ1) is 13.1. The molecule has 0 radical (unpaired) electrons. The zero-order chi connectivity index (χ0) is 19.0. The van der Waals surface area contributed by atoms with Crippen molar-refractivity contribution < 1.29 is 13.9 Å². The number of benzene rings is 1. The number of nitriles is 1. The highest BCUT2D eigenvalue weighted by Gasteiger charge is 2.31. The molecule has 3 aromatic rings. The highest BCUT2D eigenvalue weighted by molar-refractivity contribution is 6.09. The summed E-state index contributed by atoms with van der Waals surface area (Å²) < 4.78 is 12.8. The van der Waals surface area contributed by atoms with Gasteiger partial charge < -0.3 is 14.1 Å². The number of carbonyl (C=O) groups excluding carboxylic acids is 1. The van der Waals surface area contributed by atoms with Crippen molar-refractivity contribution >= 4 is 11.6 Å². The van der Waals surface area contributed by atoms with Gasteiger partial charge in [0, 0.05) is 24.6 Å². The zero-order valence-electron chi connectivity index (χ0n) is 15.2. The van der Waals surface area contributed by atoms with Crippen LogP contribution in [0.5, 0.6) is 5.75 Å². The molecule has 136 valence electrons. The summed E-state index contributed by atoms with van der Waals surface area (Å²) in [7, 11) is 1.63. The SMILES string of the molecule is COc1ccc2c(c1)CCCN2C(=O)c1c(C)oc(-n2cccc2)c1C#N. The first-order valence-electron chi connectivity index (χ1n) is 8.79. The second-order valence-corrected chi connectivity index (χ2v) is 6.47. The van der Waals surface area contributed by atoms with E-state index in [1.807, 2.05) is 30.3 Å². The molecule has 6 nitrogen and oxygen atoms in total. The number of fused-ring (bicyclic) bond motifs is 1. The van der Waals surface area contributed by atoms with Crippen LogP contribution >= 0.6 is 0 Å². The minimum absolute atomic E-state index is 0.211. The predicted octanol–water partition coefficient (Wildman–Crippen LogP) is 3.85. The molecular weight excluding hydrogens is 342 g/mol. The van der Waals surface area contributed by atoms with Crippen LogP contribution in [-0.4, -0.2) is 24.1 Å². The van der Waals surface area contributed by atoms with Crippen molar-refractivity contribution in [3.05, 3.63) is 65.2 Å². The third-order valence-corrected chi connectivity index (χ3v) is 4.88. The second-order valence-electron chi connectivity index (χ2n) is 6.47. The minimum atomic E-state index is -0.211. The Labute approximate surface area is 157 Å². The van der Waals surface area contributed by atoms with Gasteiger partial charge in [0.05, 0.1) is 7.11 Å². The van der Waals surface area contributed by atoms with Gasteiger partial charge in [0.25, 0.3) is 5.91 Å². The van der Waals surface area contributed by atoms with Crippen molar-refractivity contribution in [2.75, 3.05) is 18.6 Å². The van der Waals surface area contributed by atoms with Gasteiger partial charge in [-0.3, -0.25) is 9.36 Å². The fourth-order valence-corrected chi connectivity index (χ4v) is 3.59. The summed E-state index contributed by atoms with van der Waals surface area (Å²) in [6.45, 7) is 2.33. The summed E-state index contributed by atoms with van der Waals surface area (Å²) >= 11 is 0. The molecule has 3 heterocycles. The summed E-state index contributed by atoms with van der Waals surface area (Å²) in [5.74, 6) is 1.38. The molecule has 27 heavy (non-hydrogen) atoms. The largest absolute Gasteiger partial charge is 0.497 e. The number of nitrogens with zero attached hydrogens (tertiary/aromatic N) is 3. The molecule has 0 atom stereocenters. The first-order valence-corrected chi connectivity index (χ1v) is 8.79. The van der Waals surface area contributed by atoms with Crippen molar-refractivity contribution in [1.82, 2.24) is 4.57 Å². The molecule has 1 aliphatic heterocycles. The average Bonchev–Trinajstić information content (AvgIpc) is 3.33. The summed E-state index contributed by atoms with van der Waals surface area (Å²) in [4.78, 5) is 15.1. The highest BCUT2D eigenvalue weighted by Crippen LogP contribution is 2.34. The van der Waals surface area contributed by atoms with E-state index in [9.17, 15) is 10.1 Å². The number of hydrogen-bond acceptors (Lipinski definition) is 4. The Morgan fingerprint density at radius 3 is 2.78 bits per heavy atom. The Bertz CT molecular complexity index is 1040. The van der Waals surface area contributed by atoms with Crippen LogP contribution in [0.25, 0.3) is 5.88 Å². The topological polar surface area (TPSA) is 71.4 Å². The molecule has 1 aliphatic rings. The molecule has 0 spiro atoms. The lowest BCUT2D eigenvalue weighted by Gasteiger charge is -2.29. The van der Waals surface area contributed by atoms with Crippen molar-refractivity contribution in [1.29, 1.82) is 5.26 Å². The quantitative estimate of drug-likeness (QED) is 0.710. The van der Waals surface area contributed by atoms with Gasteiger partial charge >= 0.3 is 0 Å². The summed E-state index contributed by atoms with van der Waals surface area (Å²) in [5, 5.41) is 9.71. The van der Waals surface area contributed by atoms with Crippen LogP contribution in [0.1, 0.15) is 33.7 Å². The van der Waals surface area contributed by atoms with E-state index in [0.29, 0.717) is 23.8 Å². The van der Waals surface area contributed by atoms with E-state index in [1.165, 1.54) is 0 Å². The monoisotopic (exact) mass is 361 g/mol. The standard InChI is InChI=1S/C21H19N3O3/c1-14-19(17(13-22)21(27-14)23-9-3-4-10-23)20(25)24-11-5-6-15-12-16(26-2)7-8-18(15)24/h3-4,7-10,12H,5-6,11H2,1-2H3. The lowest BCUT2D eigenvalue weighted by molar-refractivity contribution is 0.0983. The zero-order valence-corrected chi connectivity index (χ0v) is 15.2. The van der Waals surface area contributed by atoms with Crippen LogP contribution in [0, 0.1) is 18.3 Å². The normalized spacial score (nSPS) is 13.1. The number of aromatic nitrogens is 1. The molecule has 6 heteroatoms. The van der Waals surface area contributed by atoms with Crippen LogP contribution in [-0.2, 0) is 6.42 Å². The van der Waals surface area contributed by atoms with E-state index in [1.54, 1.807) is 35.9 Å². The number of rotatable bonds is 3. The average molecular weight is 361 g/mol. The maximum atomic E-state index is 13.4. The van der Waals surface area contributed by atoms with Crippen LogP contribution in [0.2, 0.25) is 0 Å². The number of hydrogen-bond donors (Lipinski definition) is 0. The Morgan fingerprint density at radius 2 is 2.07 bits per heavy atom. The molecule has 0 fully saturated rings. The summed E-state index contributed by atoms with van der Waals surface area (Å²) in [5.41, 5.74) is 2.51. The fraction of sp³-hybridized carbons (Fsp3) is 0.238. The smallest absolute Gasteiger partial charge is 0.263 e. The maximum Gasteiger partial charge on any atom is 0.263 e. The molecule has 0 aliphatic carbocycles. The number of anilines is 1. The molecule has 0 bridgehead atoms. The Kier molecular flexibility index (Phi) is 4.21. The van der Waals surface area contributed by atoms with Crippen LogP contribution in [0.15, 0.2) is 47.1 Å². The van der Waals surface area contributed by atoms with Gasteiger partial charge in [-0.05, 0) is 55.7 Å². The van der Waals surface area contributed by atoms with Crippen LogP contribution in [0.3, 0.4) is 0 Å². The van der Waals surface area contributed by atoms with E-state index in [-0.39, 0.29) is 11.5 Å². The van der Waals surface area contributed by atoms with E-state index in [4.69, 9.17) is 9.15 Å². The van der Waals surface area contributed by atoms with Gasteiger partial charge in [-0.25, -0.2) is 0 Å². The van der Waals surface area contributed by atoms with E-state index < -0.39 is 0 Å².